The summed E-state index contributed by atoms with van der Waals surface area (Å²) in [5.74, 6) is 0.303. The molecule has 0 unspecified atom stereocenters. The molecule has 0 spiro atoms. The number of benzene rings is 1. The zero-order chi connectivity index (χ0) is 18.0. The Balaban J connectivity index is 2.54. The average Bonchev–Trinajstić information content (AvgIpc) is 2.49. The van der Waals surface area contributed by atoms with Crippen LogP contribution in [0.1, 0.15) is 20.8 Å². The molecule has 1 rings (SSSR count). The van der Waals surface area contributed by atoms with Crippen molar-refractivity contribution >= 4 is 17.7 Å². The zero-order valence-electron chi connectivity index (χ0n) is 14.9. The maximum absolute atomic E-state index is 12.2. The van der Waals surface area contributed by atoms with E-state index in [1.165, 1.54) is 0 Å². The Hall–Kier alpha value is -2.28. The van der Waals surface area contributed by atoms with Gasteiger partial charge in [0.25, 0.3) is 0 Å². The fraction of sp³-hybridized carbons (Fsp3) is 0.529. The fourth-order valence-corrected chi connectivity index (χ4v) is 1.82. The Kier molecular flexibility index (Phi) is 8.05. The third kappa shape index (κ3) is 8.38. The second kappa shape index (κ2) is 9.77. The number of amides is 1. The van der Waals surface area contributed by atoms with E-state index in [1.54, 1.807) is 12.0 Å². The number of ether oxygens (including phenoxy) is 2. The number of nitrogens with zero attached hydrogens (tertiary/aromatic N) is 2. The highest BCUT2D eigenvalue weighted by molar-refractivity contribution is 5.92. The second-order valence-corrected chi connectivity index (χ2v) is 6.22. The van der Waals surface area contributed by atoms with Crippen LogP contribution >= 0.6 is 0 Å². The number of nitrogens with one attached hydrogen (secondary N) is 1. The molecule has 7 heteroatoms. The lowest BCUT2D eigenvalue weighted by Crippen LogP contribution is -2.40. The van der Waals surface area contributed by atoms with Crippen molar-refractivity contribution in [2.24, 2.45) is 10.7 Å². The average molecular weight is 336 g/mol. The van der Waals surface area contributed by atoms with Gasteiger partial charge in [-0.1, -0.05) is 18.2 Å². The minimum absolute atomic E-state index is 0.303. The van der Waals surface area contributed by atoms with E-state index >= 15 is 0 Å². The van der Waals surface area contributed by atoms with E-state index in [0.717, 1.165) is 5.69 Å². The molecule has 0 aliphatic carbocycles. The fourth-order valence-electron chi connectivity index (χ4n) is 1.82. The molecule has 0 aromatic heterocycles. The highest BCUT2D eigenvalue weighted by atomic mass is 16.6. The van der Waals surface area contributed by atoms with Crippen molar-refractivity contribution in [3.05, 3.63) is 30.3 Å². The minimum Gasteiger partial charge on any atom is -0.444 e. The van der Waals surface area contributed by atoms with Crippen molar-refractivity contribution in [1.29, 1.82) is 0 Å². The predicted octanol–water partition coefficient (Wildman–Crippen LogP) is 2.30. The molecule has 3 N–H and O–H groups in total. The Morgan fingerprint density at radius 2 is 1.92 bits per heavy atom. The van der Waals surface area contributed by atoms with Crippen LogP contribution in [0.5, 0.6) is 0 Å². The first-order valence-corrected chi connectivity index (χ1v) is 7.90. The van der Waals surface area contributed by atoms with Gasteiger partial charge in [0.2, 0.25) is 0 Å². The molecule has 0 bridgehead atoms. The van der Waals surface area contributed by atoms with Crippen LogP contribution in [-0.4, -0.2) is 55.9 Å². The summed E-state index contributed by atoms with van der Waals surface area (Å²) in [6.07, 6.45) is -0.385. The number of carbonyl (C=O) groups excluding carboxylic acids is 1. The molecule has 1 aromatic rings. The van der Waals surface area contributed by atoms with Crippen LogP contribution in [0.4, 0.5) is 10.5 Å². The Morgan fingerprint density at radius 1 is 1.25 bits per heavy atom. The summed E-state index contributed by atoms with van der Waals surface area (Å²) < 4.78 is 10.4. The molecule has 0 aliphatic heterocycles. The van der Waals surface area contributed by atoms with Gasteiger partial charge >= 0.3 is 6.09 Å². The maximum Gasteiger partial charge on any atom is 0.410 e. The molecule has 0 atom stereocenters. The van der Waals surface area contributed by atoms with Crippen molar-refractivity contribution in [1.82, 2.24) is 4.90 Å². The number of anilines is 1. The molecule has 0 aliphatic rings. The van der Waals surface area contributed by atoms with Crippen LogP contribution in [0, 0.1) is 0 Å². The van der Waals surface area contributed by atoms with Gasteiger partial charge in [-0.15, -0.1) is 0 Å². The Labute approximate surface area is 143 Å². The largest absolute Gasteiger partial charge is 0.444 e. The van der Waals surface area contributed by atoms with E-state index in [-0.39, 0.29) is 6.09 Å². The molecule has 0 radical (unpaired) electrons. The highest BCUT2D eigenvalue weighted by Crippen LogP contribution is 2.10. The molecule has 0 saturated heterocycles. The lowest BCUT2D eigenvalue weighted by atomic mass is 10.2. The summed E-state index contributed by atoms with van der Waals surface area (Å²) in [6, 6.07) is 9.53. The smallest absolute Gasteiger partial charge is 0.410 e. The monoisotopic (exact) mass is 336 g/mol. The predicted molar refractivity (Wildman–Crippen MR) is 96.2 cm³/mol. The van der Waals surface area contributed by atoms with Gasteiger partial charge in [-0.25, -0.2) is 4.79 Å². The minimum atomic E-state index is -0.542. The third-order valence-corrected chi connectivity index (χ3v) is 2.92. The number of rotatable bonds is 7. The lowest BCUT2D eigenvalue weighted by Gasteiger charge is -2.26. The Morgan fingerprint density at radius 3 is 2.50 bits per heavy atom. The van der Waals surface area contributed by atoms with Crippen molar-refractivity contribution in [2.75, 3.05) is 38.7 Å². The third-order valence-electron chi connectivity index (χ3n) is 2.92. The van der Waals surface area contributed by atoms with Gasteiger partial charge < -0.3 is 25.4 Å². The number of hydrogen-bond acceptors (Lipinski definition) is 4. The SMILES string of the molecule is COCCN(CCN=C(N)Nc1ccccc1)C(=O)OC(C)(C)C. The number of methoxy groups -OCH3 is 1. The van der Waals surface area contributed by atoms with Crippen LogP contribution in [0.15, 0.2) is 35.3 Å². The molecule has 1 aromatic carbocycles. The molecule has 7 nitrogen and oxygen atoms in total. The Bertz CT molecular complexity index is 526. The normalized spacial score (nSPS) is 11.9. The van der Waals surface area contributed by atoms with Crippen LogP contribution in [0.2, 0.25) is 0 Å². The van der Waals surface area contributed by atoms with Gasteiger partial charge in [0.15, 0.2) is 5.96 Å². The van der Waals surface area contributed by atoms with E-state index in [9.17, 15) is 4.79 Å². The van der Waals surface area contributed by atoms with Crippen LogP contribution in [0.3, 0.4) is 0 Å². The molecule has 134 valence electrons. The van der Waals surface area contributed by atoms with Crippen LogP contribution in [0.25, 0.3) is 0 Å². The molecule has 0 saturated carbocycles. The van der Waals surface area contributed by atoms with Gasteiger partial charge in [-0.3, -0.25) is 4.99 Å². The van der Waals surface area contributed by atoms with E-state index in [4.69, 9.17) is 15.2 Å². The first kappa shape index (κ1) is 19.8. The lowest BCUT2D eigenvalue weighted by molar-refractivity contribution is 0.0208. The standard InChI is InChI=1S/C17H28N4O3/c1-17(2,3)24-16(22)21(12-13-23-4)11-10-19-15(18)20-14-8-6-5-7-9-14/h5-9H,10-13H2,1-4H3,(H3,18,19,20). The van der Waals surface area contributed by atoms with Crippen molar-refractivity contribution in [3.8, 4) is 0 Å². The topological polar surface area (TPSA) is 89.2 Å². The van der Waals surface area contributed by atoms with Gasteiger partial charge in [-0.05, 0) is 32.9 Å². The van der Waals surface area contributed by atoms with Crippen LogP contribution in [-0.2, 0) is 9.47 Å². The van der Waals surface area contributed by atoms with Gasteiger partial charge in [0.1, 0.15) is 5.60 Å². The summed E-state index contributed by atoms with van der Waals surface area (Å²) in [5.41, 5.74) is 6.17. The summed E-state index contributed by atoms with van der Waals surface area (Å²) in [5, 5.41) is 2.99. The molecule has 0 heterocycles. The molecular formula is C17H28N4O3. The number of aliphatic imine (C=N–C) groups is 1. The summed E-state index contributed by atoms with van der Waals surface area (Å²) in [7, 11) is 1.59. The number of guanidine groups is 1. The summed E-state index contributed by atoms with van der Waals surface area (Å²) in [4.78, 5) is 18.0. The van der Waals surface area contributed by atoms with Crippen LogP contribution < -0.4 is 11.1 Å². The van der Waals surface area contributed by atoms with Crippen molar-refractivity contribution in [2.45, 2.75) is 26.4 Å². The van der Waals surface area contributed by atoms with Crippen molar-refractivity contribution < 1.29 is 14.3 Å². The first-order chi connectivity index (χ1) is 11.3. The molecule has 1 amide bonds. The van der Waals surface area contributed by atoms with Gasteiger partial charge in [0.05, 0.1) is 13.2 Å². The zero-order valence-corrected chi connectivity index (χ0v) is 14.9. The number of para-hydroxylation sites is 1. The van der Waals surface area contributed by atoms with Gasteiger partial charge in [-0.2, -0.15) is 0 Å². The molecule has 0 fully saturated rings. The summed E-state index contributed by atoms with van der Waals surface area (Å²) in [6.45, 7) is 7.13. The molecule has 24 heavy (non-hydrogen) atoms. The highest BCUT2D eigenvalue weighted by Gasteiger charge is 2.21. The van der Waals surface area contributed by atoms with E-state index in [0.29, 0.717) is 32.2 Å². The molecular weight excluding hydrogens is 308 g/mol. The van der Waals surface area contributed by atoms with E-state index in [1.807, 2.05) is 51.1 Å². The van der Waals surface area contributed by atoms with Crippen molar-refractivity contribution in [3.63, 3.8) is 0 Å². The second-order valence-electron chi connectivity index (χ2n) is 6.22. The number of hydrogen-bond donors (Lipinski definition) is 2. The number of carbonyl (C=O) groups is 1. The van der Waals surface area contributed by atoms with E-state index in [2.05, 4.69) is 10.3 Å². The van der Waals surface area contributed by atoms with Gasteiger partial charge in [0, 0.05) is 25.9 Å². The van der Waals surface area contributed by atoms with E-state index < -0.39 is 5.60 Å². The summed E-state index contributed by atoms with van der Waals surface area (Å²) >= 11 is 0. The first-order valence-electron chi connectivity index (χ1n) is 7.90. The quantitative estimate of drug-likeness (QED) is 0.589. The maximum atomic E-state index is 12.2. The number of nitrogens with two attached hydrogens (primary N) is 1.